The number of fused-ring (bicyclic) bond motifs is 4. The molecule has 0 aromatic carbocycles. The predicted molar refractivity (Wildman–Crippen MR) is 88.3 cm³/mol. The molecule has 0 heterocycles. The smallest absolute Gasteiger partial charge is 0.0614 e. The van der Waals surface area contributed by atoms with Crippen molar-refractivity contribution in [3.05, 3.63) is 11.1 Å². The maximum atomic E-state index is 10.9. The van der Waals surface area contributed by atoms with Gasteiger partial charge in [0.15, 0.2) is 0 Å². The van der Waals surface area contributed by atoms with E-state index in [1.54, 1.807) is 5.57 Å². The van der Waals surface area contributed by atoms with E-state index >= 15 is 0 Å². The third kappa shape index (κ3) is 1.99. The molecule has 7 unspecified atom stereocenters. The molecule has 2 N–H and O–H groups in total. The molecule has 2 fully saturated rings. The Labute approximate surface area is 135 Å². The minimum atomic E-state index is -0.236. The van der Waals surface area contributed by atoms with Gasteiger partial charge in [0.25, 0.3) is 0 Å². The summed E-state index contributed by atoms with van der Waals surface area (Å²) >= 11 is 0. The normalized spacial score (nSPS) is 50.3. The largest absolute Gasteiger partial charge is 0.392 e. The molecule has 4 aliphatic carbocycles. The van der Waals surface area contributed by atoms with Gasteiger partial charge >= 0.3 is 0 Å². The lowest BCUT2D eigenvalue weighted by Crippen LogP contribution is -2.50. The average molecular weight is 304 g/mol. The highest BCUT2D eigenvalue weighted by atomic mass is 16.3. The summed E-state index contributed by atoms with van der Waals surface area (Å²) in [6, 6.07) is 0. The van der Waals surface area contributed by atoms with Crippen molar-refractivity contribution < 1.29 is 10.2 Å². The highest BCUT2D eigenvalue weighted by molar-refractivity contribution is 5.34. The molecule has 0 aliphatic heterocycles. The summed E-state index contributed by atoms with van der Waals surface area (Å²) < 4.78 is 0. The second-order valence-corrected chi connectivity index (χ2v) is 9.19. The number of allylic oxidation sites excluding steroid dienone is 1. The summed E-state index contributed by atoms with van der Waals surface area (Å²) in [5.41, 5.74) is 3.13. The zero-order valence-electron chi connectivity index (χ0n) is 14.4. The quantitative estimate of drug-likeness (QED) is 0.666. The van der Waals surface area contributed by atoms with Gasteiger partial charge in [0.2, 0.25) is 0 Å². The summed E-state index contributed by atoms with van der Waals surface area (Å²) in [5.74, 6) is 3.06. The summed E-state index contributed by atoms with van der Waals surface area (Å²) in [6.45, 7) is 6.89. The van der Waals surface area contributed by atoms with Crippen LogP contribution in [-0.4, -0.2) is 22.4 Å². The van der Waals surface area contributed by atoms with Gasteiger partial charge in [-0.1, -0.05) is 44.8 Å². The van der Waals surface area contributed by atoms with Crippen LogP contribution < -0.4 is 0 Å². The minimum Gasteiger partial charge on any atom is -0.392 e. The zero-order valence-corrected chi connectivity index (χ0v) is 14.4. The molecule has 0 bridgehead atoms. The van der Waals surface area contributed by atoms with Crippen LogP contribution in [0.4, 0.5) is 0 Å². The molecule has 7 atom stereocenters. The predicted octanol–water partition coefficient (Wildman–Crippen LogP) is 3.92. The van der Waals surface area contributed by atoms with Gasteiger partial charge in [-0.15, -0.1) is 0 Å². The van der Waals surface area contributed by atoms with E-state index in [4.69, 9.17) is 0 Å². The number of hydrogen-bond acceptors (Lipinski definition) is 2. The van der Waals surface area contributed by atoms with Crippen LogP contribution in [0.1, 0.15) is 65.7 Å². The lowest BCUT2D eigenvalue weighted by atomic mass is 9.51. The van der Waals surface area contributed by atoms with Crippen LogP contribution >= 0.6 is 0 Å². The second-order valence-electron chi connectivity index (χ2n) is 9.19. The van der Waals surface area contributed by atoms with Crippen LogP contribution in [0.5, 0.6) is 0 Å². The maximum Gasteiger partial charge on any atom is 0.0614 e. The van der Waals surface area contributed by atoms with Crippen molar-refractivity contribution in [2.75, 3.05) is 0 Å². The molecular weight excluding hydrogens is 272 g/mol. The molecule has 2 heteroatoms. The van der Waals surface area contributed by atoms with E-state index in [-0.39, 0.29) is 17.6 Å². The second kappa shape index (κ2) is 5.08. The highest BCUT2D eigenvalue weighted by Crippen LogP contribution is 2.60. The molecule has 0 amide bonds. The van der Waals surface area contributed by atoms with E-state index < -0.39 is 0 Å². The third-order valence-corrected chi connectivity index (χ3v) is 8.04. The Morgan fingerprint density at radius 2 is 1.68 bits per heavy atom. The van der Waals surface area contributed by atoms with E-state index in [1.807, 2.05) is 0 Å². The molecule has 4 rings (SSSR count). The lowest BCUT2D eigenvalue weighted by Gasteiger charge is -2.55. The lowest BCUT2D eigenvalue weighted by molar-refractivity contribution is -0.0347. The Kier molecular flexibility index (Phi) is 3.51. The summed E-state index contributed by atoms with van der Waals surface area (Å²) in [6.07, 6.45) is 7.97. The van der Waals surface area contributed by atoms with Crippen LogP contribution in [0.2, 0.25) is 0 Å². The Morgan fingerprint density at radius 3 is 2.45 bits per heavy atom. The number of aliphatic hydroxyl groups excluding tert-OH is 2. The maximum absolute atomic E-state index is 10.9. The SMILES string of the molecule is CC1C(O)CC2=C(C3CCC4CCCC4C3C(O)C2)C1(C)C. The van der Waals surface area contributed by atoms with E-state index in [0.717, 1.165) is 24.7 Å². The fourth-order valence-electron chi connectivity index (χ4n) is 6.75. The fraction of sp³-hybridized carbons (Fsp3) is 0.900. The van der Waals surface area contributed by atoms with E-state index in [0.29, 0.717) is 17.8 Å². The van der Waals surface area contributed by atoms with Crippen molar-refractivity contribution in [1.29, 1.82) is 0 Å². The van der Waals surface area contributed by atoms with Gasteiger partial charge in [-0.2, -0.15) is 0 Å². The fourth-order valence-corrected chi connectivity index (χ4v) is 6.75. The Morgan fingerprint density at radius 1 is 0.955 bits per heavy atom. The molecule has 0 saturated heterocycles. The van der Waals surface area contributed by atoms with Gasteiger partial charge < -0.3 is 10.2 Å². The molecule has 0 spiro atoms. The Balaban J connectivity index is 1.76. The summed E-state index contributed by atoms with van der Waals surface area (Å²) in [4.78, 5) is 0. The molecule has 4 aliphatic rings. The molecule has 2 saturated carbocycles. The molecule has 0 radical (unpaired) electrons. The van der Waals surface area contributed by atoms with E-state index in [9.17, 15) is 10.2 Å². The highest BCUT2D eigenvalue weighted by Gasteiger charge is 2.53. The van der Waals surface area contributed by atoms with Crippen molar-refractivity contribution in [2.45, 2.75) is 77.9 Å². The van der Waals surface area contributed by atoms with Crippen molar-refractivity contribution in [1.82, 2.24) is 0 Å². The van der Waals surface area contributed by atoms with Crippen molar-refractivity contribution in [3.8, 4) is 0 Å². The van der Waals surface area contributed by atoms with Crippen LogP contribution in [0.3, 0.4) is 0 Å². The first-order chi connectivity index (χ1) is 10.4. The number of rotatable bonds is 0. The van der Waals surface area contributed by atoms with Crippen LogP contribution in [-0.2, 0) is 0 Å². The Hall–Kier alpha value is -0.340. The average Bonchev–Trinajstić information content (AvgIpc) is 2.92. The van der Waals surface area contributed by atoms with E-state index in [2.05, 4.69) is 20.8 Å². The van der Waals surface area contributed by atoms with Crippen LogP contribution in [0.25, 0.3) is 0 Å². The molecule has 0 aromatic rings. The van der Waals surface area contributed by atoms with Gasteiger partial charge in [0.05, 0.1) is 12.2 Å². The van der Waals surface area contributed by atoms with Crippen LogP contribution in [0.15, 0.2) is 11.1 Å². The van der Waals surface area contributed by atoms with Crippen molar-refractivity contribution >= 4 is 0 Å². The van der Waals surface area contributed by atoms with E-state index in [1.165, 1.54) is 37.7 Å². The monoisotopic (exact) mass is 304 g/mol. The number of hydrogen-bond donors (Lipinski definition) is 2. The molecule has 0 aromatic heterocycles. The first kappa shape index (κ1) is 15.2. The minimum absolute atomic E-state index is 0.0848. The molecule has 124 valence electrons. The molecular formula is C20H32O2. The molecule has 22 heavy (non-hydrogen) atoms. The summed E-state index contributed by atoms with van der Waals surface area (Å²) in [5, 5.41) is 21.4. The van der Waals surface area contributed by atoms with Gasteiger partial charge in [0, 0.05) is 0 Å². The standard InChI is InChI=1S/C20H32O2/c1-11-16(21)9-13-10-17(22)18-14-6-4-5-12(14)7-8-15(18)19(13)20(11,2)3/h11-12,14-18,21-22H,4-10H2,1-3H3. The van der Waals surface area contributed by atoms with Crippen molar-refractivity contribution in [2.24, 2.45) is 35.0 Å². The Bertz CT molecular complexity index is 492. The first-order valence-electron chi connectivity index (χ1n) is 9.49. The van der Waals surface area contributed by atoms with Gasteiger partial charge in [0.1, 0.15) is 0 Å². The first-order valence-corrected chi connectivity index (χ1v) is 9.49. The third-order valence-electron chi connectivity index (χ3n) is 8.04. The van der Waals surface area contributed by atoms with Crippen LogP contribution in [0, 0.1) is 35.0 Å². The van der Waals surface area contributed by atoms with Gasteiger partial charge in [-0.3, -0.25) is 0 Å². The molecule has 2 nitrogen and oxygen atoms in total. The van der Waals surface area contributed by atoms with Gasteiger partial charge in [-0.05, 0) is 67.1 Å². The zero-order chi connectivity index (χ0) is 15.6. The topological polar surface area (TPSA) is 40.5 Å². The number of aliphatic hydroxyl groups is 2. The van der Waals surface area contributed by atoms with Crippen molar-refractivity contribution in [3.63, 3.8) is 0 Å². The summed E-state index contributed by atoms with van der Waals surface area (Å²) in [7, 11) is 0. The van der Waals surface area contributed by atoms with Gasteiger partial charge in [-0.25, -0.2) is 0 Å².